The average Bonchev–Trinajstić information content (AvgIpc) is 3.09. The number of carbonyl (C=O) groups is 1. The summed E-state index contributed by atoms with van der Waals surface area (Å²) in [6.07, 6.45) is 3.96. The molecule has 3 heterocycles. The lowest BCUT2D eigenvalue weighted by molar-refractivity contribution is 0.0357. The number of fused-ring (bicyclic) bond motifs is 1. The molecule has 0 saturated carbocycles. The van der Waals surface area contributed by atoms with Crippen LogP contribution < -0.4 is 19.8 Å². The number of pyridine rings is 2. The summed E-state index contributed by atoms with van der Waals surface area (Å²) in [7, 11) is 1.56. The van der Waals surface area contributed by atoms with Crippen molar-refractivity contribution >= 4 is 16.7 Å². The minimum absolute atomic E-state index is 0.0129. The molecule has 5 aromatic rings. The van der Waals surface area contributed by atoms with Gasteiger partial charge in [0.2, 0.25) is 0 Å². The molecule has 0 spiro atoms. The van der Waals surface area contributed by atoms with Crippen molar-refractivity contribution in [2.24, 2.45) is 0 Å². The van der Waals surface area contributed by atoms with Gasteiger partial charge in [-0.1, -0.05) is 36.4 Å². The molecule has 0 atom stereocenters. The number of methoxy groups -OCH3 is 1. The average molecular weight is 638 g/mol. The fourth-order valence-electron chi connectivity index (χ4n) is 5.57. The summed E-state index contributed by atoms with van der Waals surface area (Å²) in [5.41, 5.74) is 1.65. The van der Waals surface area contributed by atoms with Crippen LogP contribution in [-0.4, -0.2) is 66.8 Å². The predicted molar refractivity (Wildman–Crippen MR) is 176 cm³/mol. The Kier molecular flexibility index (Phi) is 10.2. The molecule has 1 fully saturated rings. The quantitative estimate of drug-likeness (QED) is 0.116. The Morgan fingerprint density at radius 2 is 1.74 bits per heavy atom. The number of morpholine rings is 1. The van der Waals surface area contributed by atoms with Crippen LogP contribution in [-0.2, 0) is 17.7 Å². The molecule has 47 heavy (non-hydrogen) atoms. The number of halogens is 1. The molecule has 0 unspecified atom stereocenters. The maximum absolute atomic E-state index is 15.3. The van der Waals surface area contributed by atoms with Gasteiger partial charge in [0.25, 0.3) is 5.56 Å². The number of ether oxygens (including phenoxy) is 4. The molecule has 6 rings (SSSR count). The second kappa shape index (κ2) is 15.0. The standard InChI is InChI=1S/C37H36FN3O6/c1-44-35-23-29-31(24-36(35)46-18-6-14-40-16-19-45-20-17-40)39-13-12-33(29)47-34-11-10-27(21-30(34)38)22-32(42)28-9-5-15-41(37(28)43)25-26-7-3-2-4-8-26/h2-5,7-13,15,21,23-24H,6,14,16-20,22,25H2,1H3. The van der Waals surface area contributed by atoms with Gasteiger partial charge in [-0.15, -0.1) is 0 Å². The highest BCUT2D eigenvalue weighted by Crippen LogP contribution is 2.37. The van der Waals surface area contributed by atoms with Crippen molar-refractivity contribution < 1.29 is 28.1 Å². The Morgan fingerprint density at radius 3 is 2.53 bits per heavy atom. The molecule has 9 nitrogen and oxygen atoms in total. The van der Waals surface area contributed by atoms with Gasteiger partial charge in [-0.05, 0) is 53.9 Å². The maximum atomic E-state index is 15.3. The van der Waals surface area contributed by atoms with Crippen LogP contribution in [0.1, 0.15) is 27.9 Å². The molecule has 2 aromatic heterocycles. The van der Waals surface area contributed by atoms with E-state index in [1.165, 1.54) is 22.8 Å². The Bertz CT molecular complexity index is 1910. The lowest BCUT2D eigenvalue weighted by atomic mass is 10.0. The molecule has 10 heteroatoms. The number of Topliss-reactive ketones (excluding diaryl/α,β-unsaturated/α-hetero) is 1. The molecule has 1 aliphatic rings. The smallest absolute Gasteiger partial charge is 0.261 e. The zero-order valence-corrected chi connectivity index (χ0v) is 26.2. The van der Waals surface area contributed by atoms with Crippen LogP contribution in [0.2, 0.25) is 0 Å². The zero-order valence-electron chi connectivity index (χ0n) is 26.2. The number of carbonyl (C=O) groups excluding carboxylic acids is 1. The summed E-state index contributed by atoms with van der Waals surface area (Å²) in [5, 5.41) is 0.625. The molecular weight excluding hydrogens is 601 g/mol. The second-order valence-corrected chi connectivity index (χ2v) is 11.3. The van der Waals surface area contributed by atoms with Crippen LogP contribution >= 0.6 is 0 Å². The molecule has 0 bridgehead atoms. The van der Waals surface area contributed by atoms with E-state index in [4.69, 9.17) is 18.9 Å². The van der Waals surface area contributed by atoms with Crippen molar-refractivity contribution in [3.05, 3.63) is 124 Å². The summed E-state index contributed by atoms with van der Waals surface area (Å²) < 4.78 is 39.9. The molecule has 242 valence electrons. The summed E-state index contributed by atoms with van der Waals surface area (Å²) in [4.78, 5) is 33.0. The van der Waals surface area contributed by atoms with E-state index in [1.54, 1.807) is 49.8 Å². The van der Waals surface area contributed by atoms with Crippen molar-refractivity contribution in [1.29, 1.82) is 0 Å². The lowest BCUT2D eigenvalue weighted by Crippen LogP contribution is -2.37. The monoisotopic (exact) mass is 637 g/mol. The van der Waals surface area contributed by atoms with Gasteiger partial charge in [0.05, 0.1) is 44.6 Å². The van der Waals surface area contributed by atoms with Crippen LogP contribution in [0.4, 0.5) is 4.39 Å². The van der Waals surface area contributed by atoms with E-state index in [2.05, 4.69) is 9.88 Å². The third-order valence-electron chi connectivity index (χ3n) is 8.06. The Balaban J connectivity index is 1.13. The number of benzene rings is 3. The molecule has 0 radical (unpaired) electrons. The maximum Gasteiger partial charge on any atom is 0.261 e. The van der Waals surface area contributed by atoms with Crippen LogP contribution in [0.3, 0.4) is 0 Å². The van der Waals surface area contributed by atoms with Crippen molar-refractivity contribution in [1.82, 2.24) is 14.5 Å². The van der Waals surface area contributed by atoms with Gasteiger partial charge in [-0.3, -0.25) is 19.5 Å². The number of hydrogen-bond acceptors (Lipinski definition) is 8. The Labute approximate surface area is 272 Å². The number of ketones is 1. The number of nitrogens with zero attached hydrogens (tertiary/aromatic N) is 3. The number of rotatable bonds is 13. The summed E-state index contributed by atoms with van der Waals surface area (Å²) in [6.45, 7) is 5.17. The van der Waals surface area contributed by atoms with Crippen molar-refractivity contribution in [2.75, 3.05) is 46.6 Å². The van der Waals surface area contributed by atoms with Crippen LogP contribution in [0, 0.1) is 5.82 Å². The first-order valence-electron chi connectivity index (χ1n) is 15.6. The van der Waals surface area contributed by atoms with Gasteiger partial charge in [0.15, 0.2) is 28.8 Å². The largest absolute Gasteiger partial charge is 0.493 e. The zero-order chi connectivity index (χ0) is 32.6. The van der Waals surface area contributed by atoms with Gasteiger partial charge in [-0.25, -0.2) is 4.39 Å². The second-order valence-electron chi connectivity index (χ2n) is 11.3. The number of hydrogen-bond donors (Lipinski definition) is 0. The van der Waals surface area contributed by atoms with Crippen LogP contribution in [0.5, 0.6) is 23.0 Å². The highest BCUT2D eigenvalue weighted by Gasteiger charge is 2.17. The predicted octanol–water partition coefficient (Wildman–Crippen LogP) is 5.91. The SMILES string of the molecule is COc1cc2c(Oc3ccc(CC(=O)c4cccn(Cc5ccccc5)c4=O)cc3F)ccnc2cc1OCCCN1CCOCC1. The third-order valence-corrected chi connectivity index (χ3v) is 8.06. The van der Waals surface area contributed by atoms with Gasteiger partial charge in [0, 0.05) is 49.9 Å². The first-order chi connectivity index (χ1) is 23.0. The topological polar surface area (TPSA) is 92.1 Å². The number of aromatic nitrogens is 2. The molecule has 1 saturated heterocycles. The van der Waals surface area contributed by atoms with E-state index in [-0.39, 0.29) is 23.3 Å². The highest BCUT2D eigenvalue weighted by atomic mass is 19.1. The minimum Gasteiger partial charge on any atom is -0.493 e. The molecule has 0 N–H and O–H groups in total. The molecule has 0 aliphatic carbocycles. The summed E-state index contributed by atoms with van der Waals surface area (Å²) in [6, 6.07) is 22.3. The van der Waals surface area contributed by atoms with Crippen molar-refractivity contribution in [2.45, 2.75) is 19.4 Å². The fourth-order valence-corrected chi connectivity index (χ4v) is 5.57. The Hall–Kier alpha value is -5.06. The summed E-state index contributed by atoms with van der Waals surface area (Å²) in [5.74, 6) is 0.426. The van der Waals surface area contributed by atoms with Gasteiger partial charge < -0.3 is 23.5 Å². The van der Waals surface area contributed by atoms with E-state index in [9.17, 15) is 9.59 Å². The van der Waals surface area contributed by atoms with Crippen LogP contribution in [0.15, 0.2) is 96.1 Å². The first kappa shape index (κ1) is 31.9. The fraction of sp³-hybridized carbons (Fsp3) is 0.270. The van der Waals surface area contributed by atoms with Crippen molar-refractivity contribution in [3.8, 4) is 23.0 Å². The van der Waals surface area contributed by atoms with Gasteiger partial charge in [-0.2, -0.15) is 0 Å². The van der Waals surface area contributed by atoms with E-state index >= 15 is 4.39 Å². The summed E-state index contributed by atoms with van der Waals surface area (Å²) >= 11 is 0. The van der Waals surface area contributed by atoms with Gasteiger partial charge >= 0.3 is 0 Å². The van der Waals surface area contributed by atoms with E-state index < -0.39 is 11.6 Å². The van der Waals surface area contributed by atoms with E-state index in [1.807, 2.05) is 30.3 Å². The molecule has 0 amide bonds. The molecule has 1 aliphatic heterocycles. The van der Waals surface area contributed by atoms with Crippen molar-refractivity contribution in [3.63, 3.8) is 0 Å². The molecule has 3 aromatic carbocycles. The minimum atomic E-state index is -0.637. The molecular formula is C37H36FN3O6. The normalized spacial score (nSPS) is 13.4. The van der Waals surface area contributed by atoms with E-state index in [0.717, 1.165) is 44.8 Å². The highest BCUT2D eigenvalue weighted by molar-refractivity contribution is 5.97. The van der Waals surface area contributed by atoms with E-state index in [0.29, 0.717) is 46.9 Å². The van der Waals surface area contributed by atoms with Gasteiger partial charge in [0.1, 0.15) is 5.75 Å². The first-order valence-corrected chi connectivity index (χ1v) is 15.6. The lowest BCUT2D eigenvalue weighted by Gasteiger charge is -2.26. The Morgan fingerprint density at radius 1 is 0.915 bits per heavy atom. The van der Waals surface area contributed by atoms with Crippen LogP contribution in [0.25, 0.3) is 10.9 Å². The third kappa shape index (κ3) is 7.85.